The number of carbonyl (C=O) groups excluding carboxylic acids is 1. The Kier molecular flexibility index (Phi) is 5.54. The topological polar surface area (TPSA) is 54.1 Å². The SMILES string of the molecule is COc1ccccc1C(=O)NCC(c1ccccc1Cl)c1c[nH]c2ccccc12. The molecule has 4 rings (SSSR count). The molecule has 0 aliphatic heterocycles. The summed E-state index contributed by atoms with van der Waals surface area (Å²) in [5.41, 5.74) is 3.62. The molecule has 0 bridgehead atoms. The third-order valence-electron chi connectivity index (χ3n) is 5.10. The molecule has 4 nitrogen and oxygen atoms in total. The van der Waals surface area contributed by atoms with Crippen molar-refractivity contribution >= 4 is 28.4 Å². The highest BCUT2D eigenvalue weighted by molar-refractivity contribution is 6.31. The van der Waals surface area contributed by atoms with Gasteiger partial charge in [-0.2, -0.15) is 0 Å². The summed E-state index contributed by atoms with van der Waals surface area (Å²) in [5, 5.41) is 4.85. The van der Waals surface area contributed by atoms with E-state index in [1.807, 2.05) is 60.8 Å². The fourth-order valence-corrected chi connectivity index (χ4v) is 3.92. The normalized spacial score (nSPS) is 11.9. The lowest BCUT2D eigenvalue weighted by Gasteiger charge is -2.20. The van der Waals surface area contributed by atoms with Crippen molar-refractivity contribution in [2.24, 2.45) is 0 Å². The van der Waals surface area contributed by atoms with E-state index >= 15 is 0 Å². The molecular weight excluding hydrogens is 384 g/mol. The largest absolute Gasteiger partial charge is 0.496 e. The first-order chi connectivity index (χ1) is 14.2. The Balaban J connectivity index is 1.68. The first-order valence-electron chi connectivity index (χ1n) is 9.40. The van der Waals surface area contributed by atoms with Crippen LogP contribution < -0.4 is 10.1 Å². The number of rotatable bonds is 6. The molecule has 0 spiro atoms. The Bertz CT molecular complexity index is 1150. The molecule has 4 aromatic rings. The number of hydrogen-bond acceptors (Lipinski definition) is 2. The van der Waals surface area contributed by atoms with Gasteiger partial charge < -0.3 is 15.0 Å². The first-order valence-corrected chi connectivity index (χ1v) is 9.78. The van der Waals surface area contributed by atoms with Gasteiger partial charge in [-0.25, -0.2) is 0 Å². The van der Waals surface area contributed by atoms with Gasteiger partial charge in [0.1, 0.15) is 5.75 Å². The van der Waals surface area contributed by atoms with Crippen LogP contribution >= 0.6 is 11.6 Å². The lowest BCUT2D eigenvalue weighted by atomic mass is 9.90. The second kappa shape index (κ2) is 8.41. The molecule has 0 radical (unpaired) electrons. The van der Waals surface area contributed by atoms with E-state index in [-0.39, 0.29) is 11.8 Å². The summed E-state index contributed by atoms with van der Waals surface area (Å²) in [6.45, 7) is 0.405. The maximum Gasteiger partial charge on any atom is 0.255 e. The Morgan fingerprint density at radius 1 is 1.00 bits per heavy atom. The zero-order valence-electron chi connectivity index (χ0n) is 16.0. The maximum atomic E-state index is 12.8. The number of halogens is 1. The van der Waals surface area contributed by atoms with Gasteiger partial charge in [0.25, 0.3) is 5.91 Å². The van der Waals surface area contributed by atoms with Crippen molar-refractivity contribution in [2.45, 2.75) is 5.92 Å². The number of para-hydroxylation sites is 2. The molecule has 0 aliphatic carbocycles. The monoisotopic (exact) mass is 404 g/mol. The van der Waals surface area contributed by atoms with Gasteiger partial charge in [0, 0.05) is 34.6 Å². The molecule has 5 heteroatoms. The number of amides is 1. The van der Waals surface area contributed by atoms with Crippen molar-refractivity contribution in [3.8, 4) is 5.75 Å². The predicted molar refractivity (Wildman–Crippen MR) is 117 cm³/mol. The zero-order valence-corrected chi connectivity index (χ0v) is 16.7. The molecule has 1 aromatic heterocycles. The lowest BCUT2D eigenvalue weighted by Crippen LogP contribution is -2.29. The number of hydrogen-bond donors (Lipinski definition) is 2. The van der Waals surface area contributed by atoms with Crippen molar-refractivity contribution in [3.63, 3.8) is 0 Å². The van der Waals surface area contributed by atoms with Crippen LogP contribution in [0.4, 0.5) is 0 Å². The molecule has 1 amide bonds. The van der Waals surface area contributed by atoms with Gasteiger partial charge in [0.2, 0.25) is 0 Å². The number of carbonyl (C=O) groups is 1. The van der Waals surface area contributed by atoms with Crippen LogP contribution in [0, 0.1) is 0 Å². The number of methoxy groups -OCH3 is 1. The van der Waals surface area contributed by atoms with Crippen LogP contribution in [-0.4, -0.2) is 24.5 Å². The van der Waals surface area contributed by atoms with E-state index in [0.29, 0.717) is 22.9 Å². The van der Waals surface area contributed by atoms with Gasteiger partial charge in [-0.1, -0.05) is 60.1 Å². The first kappa shape index (κ1) is 19.1. The number of H-pyrrole nitrogens is 1. The predicted octanol–water partition coefficient (Wildman–Crippen LogP) is 5.39. The van der Waals surface area contributed by atoms with Crippen LogP contribution in [0.25, 0.3) is 10.9 Å². The molecule has 29 heavy (non-hydrogen) atoms. The van der Waals surface area contributed by atoms with Crippen molar-refractivity contribution in [1.29, 1.82) is 0 Å². The second-order valence-corrected chi connectivity index (χ2v) is 7.18. The summed E-state index contributed by atoms with van der Waals surface area (Å²) in [7, 11) is 1.56. The standard InChI is InChI=1S/C24H21ClN2O2/c1-29-23-13-7-4-10-18(23)24(28)27-15-19(16-8-2-5-11-21(16)25)20-14-26-22-12-6-3-9-17(20)22/h2-14,19,26H,15H2,1H3,(H,27,28). The van der Waals surface area contributed by atoms with Crippen LogP contribution in [0.1, 0.15) is 27.4 Å². The summed E-state index contributed by atoms with van der Waals surface area (Å²) in [6.07, 6.45) is 1.99. The van der Waals surface area contributed by atoms with E-state index in [1.165, 1.54) is 0 Å². The zero-order chi connectivity index (χ0) is 20.2. The average molecular weight is 405 g/mol. The van der Waals surface area contributed by atoms with Crippen molar-refractivity contribution < 1.29 is 9.53 Å². The molecule has 146 valence electrons. The van der Waals surface area contributed by atoms with Crippen molar-refractivity contribution in [3.05, 3.63) is 101 Å². The summed E-state index contributed by atoms with van der Waals surface area (Å²) in [5.74, 6) is 0.268. The third-order valence-corrected chi connectivity index (χ3v) is 5.44. The number of benzene rings is 3. The van der Waals surface area contributed by atoms with Gasteiger partial charge >= 0.3 is 0 Å². The summed E-state index contributed by atoms with van der Waals surface area (Å²) in [6, 6.07) is 23.1. The van der Waals surface area contributed by atoms with Crippen LogP contribution in [-0.2, 0) is 0 Å². The van der Waals surface area contributed by atoms with E-state index in [9.17, 15) is 4.79 Å². The molecule has 0 saturated carbocycles. The number of nitrogens with one attached hydrogen (secondary N) is 2. The maximum absolute atomic E-state index is 12.8. The molecule has 2 N–H and O–H groups in total. The van der Waals surface area contributed by atoms with Crippen LogP contribution in [0.2, 0.25) is 5.02 Å². The average Bonchev–Trinajstić information content (AvgIpc) is 3.19. The number of aromatic nitrogens is 1. The van der Waals surface area contributed by atoms with E-state index in [1.54, 1.807) is 19.2 Å². The van der Waals surface area contributed by atoms with Gasteiger partial charge in [0.15, 0.2) is 0 Å². The molecular formula is C24H21ClN2O2. The Labute approximate surface area is 174 Å². The minimum absolute atomic E-state index is 0.0986. The fourth-order valence-electron chi connectivity index (χ4n) is 3.65. The lowest BCUT2D eigenvalue weighted by molar-refractivity contribution is 0.0949. The fraction of sp³-hybridized carbons (Fsp3) is 0.125. The smallest absolute Gasteiger partial charge is 0.255 e. The molecule has 0 aliphatic rings. The minimum Gasteiger partial charge on any atom is -0.496 e. The third kappa shape index (κ3) is 3.84. The molecule has 0 fully saturated rings. The van der Waals surface area contributed by atoms with E-state index in [4.69, 9.17) is 16.3 Å². The Morgan fingerprint density at radius 2 is 1.72 bits per heavy atom. The quantitative estimate of drug-likeness (QED) is 0.452. The highest BCUT2D eigenvalue weighted by Gasteiger charge is 2.22. The number of ether oxygens (including phenoxy) is 1. The van der Waals surface area contributed by atoms with Crippen LogP contribution in [0.15, 0.2) is 79.0 Å². The molecule has 3 aromatic carbocycles. The summed E-state index contributed by atoms with van der Waals surface area (Å²) in [4.78, 5) is 16.2. The number of fused-ring (bicyclic) bond motifs is 1. The summed E-state index contributed by atoms with van der Waals surface area (Å²) < 4.78 is 5.32. The van der Waals surface area contributed by atoms with Crippen LogP contribution in [0.5, 0.6) is 5.75 Å². The number of aromatic amines is 1. The van der Waals surface area contributed by atoms with E-state index in [0.717, 1.165) is 22.0 Å². The molecule has 0 saturated heterocycles. The second-order valence-electron chi connectivity index (χ2n) is 6.77. The van der Waals surface area contributed by atoms with E-state index in [2.05, 4.69) is 16.4 Å². The highest BCUT2D eigenvalue weighted by Crippen LogP contribution is 2.34. The Morgan fingerprint density at radius 3 is 2.55 bits per heavy atom. The van der Waals surface area contributed by atoms with Gasteiger partial charge in [-0.05, 0) is 35.4 Å². The Hall–Kier alpha value is -3.24. The molecule has 1 heterocycles. The molecule has 1 atom stereocenters. The van der Waals surface area contributed by atoms with Gasteiger partial charge in [0.05, 0.1) is 12.7 Å². The van der Waals surface area contributed by atoms with Gasteiger partial charge in [-0.15, -0.1) is 0 Å². The molecule has 1 unspecified atom stereocenters. The summed E-state index contributed by atoms with van der Waals surface area (Å²) >= 11 is 6.52. The highest BCUT2D eigenvalue weighted by atomic mass is 35.5. The van der Waals surface area contributed by atoms with Gasteiger partial charge in [-0.3, -0.25) is 4.79 Å². The minimum atomic E-state index is -0.181. The van der Waals surface area contributed by atoms with Crippen molar-refractivity contribution in [2.75, 3.05) is 13.7 Å². The van der Waals surface area contributed by atoms with Crippen molar-refractivity contribution in [1.82, 2.24) is 10.3 Å². The van der Waals surface area contributed by atoms with E-state index < -0.39 is 0 Å². The van der Waals surface area contributed by atoms with Crippen LogP contribution in [0.3, 0.4) is 0 Å².